The molecule has 1 heterocycles. The van der Waals surface area contributed by atoms with Crippen molar-refractivity contribution in [3.63, 3.8) is 0 Å². The third-order valence-corrected chi connectivity index (χ3v) is 3.84. The molecule has 1 aliphatic heterocycles. The van der Waals surface area contributed by atoms with Gasteiger partial charge >= 0.3 is 6.09 Å². The summed E-state index contributed by atoms with van der Waals surface area (Å²) in [5.41, 5.74) is -1.71. The molecule has 1 unspecified atom stereocenters. The summed E-state index contributed by atoms with van der Waals surface area (Å²) in [5.74, 6) is -2.45. The Morgan fingerprint density at radius 1 is 1.25 bits per heavy atom. The molecule has 1 atom stereocenters. The van der Waals surface area contributed by atoms with Gasteiger partial charge in [-0.1, -0.05) is 0 Å². The number of nitrogens with one attached hydrogen (secondary N) is 1. The number of nitrogens with zero attached hydrogens (tertiary/aromatic N) is 1. The van der Waals surface area contributed by atoms with E-state index in [4.69, 9.17) is 10.2 Å². The molecule has 132 valence electrons. The number of carbonyl (C=O) groups excluding carboxylic acids is 1. The van der Waals surface area contributed by atoms with E-state index in [-0.39, 0.29) is 38.1 Å². The molecule has 1 aromatic carbocycles. The Bertz CT molecular complexity index is 614. The lowest BCUT2D eigenvalue weighted by molar-refractivity contribution is -0.156. The molecule has 0 aliphatic carbocycles. The molecule has 1 saturated heterocycles. The van der Waals surface area contributed by atoms with Gasteiger partial charge in [0.15, 0.2) is 5.60 Å². The van der Waals surface area contributed by atoms with E-state index < -0.39 is 35.3 Å². The van der Waals surface area contributed by atoms with Gasteiger partial charge in [0.1, 0.15) is 11.6 Å². The van der Waals surface area contributed by atoms with Crippen LogP contribution in [0.2, 0.25) is 0 Å². The van der Waals surface area contributed by atoms with Crippen molar-refractivity contribution < 1.29 is 33.7 Å². The third kappa shape index (κ3) is 3.98. The average Bonchev–Trinajstić information content (AvgIpc) is 2.46. The van der Waals surface area contributed by atoms with E-state index in [0.717, 1.165) is 17.0 Å². The molecule has 0 spiro atoms. The predicted molar refractivity (Wildman–Crippen MR) is 78.1 cm³/mol. The van der Waals surface area contributed by atoms with E-state index in [2.05, 4.69) is 5.32 Å². The van der Waals surface area contributed by atoms with Crippen molar-refractivity contribution in [2.45, 2.75) is 24.5 Å². The second-order valence-corrected chi connectivity index (χ2v) is 5.76. The van der Waals surface area contributed by atoms with Crippen LogP contribution in [0, 0.1) is 11.6 Å². The Hall–Kier alpha value is -2.26. The standard InChI is InChI=1S/C15H18F2N2O5/c16-10-4-9(5-11(17)6-10)12(2-1-3-20)18-13(21)15(24)7-19(8-15)14(22)23/h4-6,12,20,24H,1-3,7-8H2,(H,18,21)(H,22,23). The zero-order chi connectivity index (χ0) is 17.9. The van der Waals surface area contributed by atoms with Gasteiger partial charge in [-0.25, -0.2) is 13.6 Å². The van der Waals surface area contributed by atoms with Gasteiger partial charge in [-0.15, -0.1) is 0 Å². The number of aliphatic hydroxyl groups excluding tert-OH is 1. The van der Waals surface area contributed by atoms with Crippen LogP contribution in [0.5, 0.6) is 0 Å². The monoisotopic (exact) mass is 344 g/mol. The van der Waals surface area contributed by atoms with E-state index in [1.165, 1.54) is 0 Å². The molecule has 0 radical (unpaired) electrons. The van der Waals surface area contributed by atoms with Crippen LogP contribution in [0.4, 0.5) is 13.6 Å². The zero-order valence-corrected chi connectivity index (χ0v) is 12.7. The number of halogens is 2. The van der Waals surface area contributed by atoms with Crippen LogP contribution in [0.1, 0.15) is 24.4 Å². The molecule has 4 N–H and O–H groups in total. The molecule has 0 saturated carbocycles. The first-order valence-electron chi connectivity index (χ1n) is 7.33. The van der Waals surface area contributed by atoms with Gasteiger partial charge < -0.3 is 25.5 Å². The van der Waals surface area contributed by atoms with Crippen molar-refractivity contribution >= 4 is 12.0 Å². The highest BCUT2D eigenvalue weighted by molar-refractivity contribution is 5.88. The highest BCUT2D eigenvalue weighted by Crippen LogP contribution is 2.25. The lowest BCUT2D eigenvalue weighted by Crippen LogP contribution is -2.69. The van der Waals surface area contributed by atoms with Gasteiger partial charge in [-0.3, -0.25) is 4.79 Å². The van der Waals surface area contributed by atoms with Crippen LogP contribution < -0.4 is 5.32 Å². The van der Waals surface area contributed by atoms with E-state index in [1.54, 1.807) is 0 Å². The minimum atomic E-state index is -1.87. The Morgan fingerprint density at radius 2 is 1.83 bits per heavy atom. The molecule has 2 amide bonds. The van der Waals surface area contributed by atoms with Crippen molar-refractivity contribution in [2.24, 2.45) is 0 Å². The van der Waals surface area contributed by atoms with Crippen LogP contribution in [0.25, 0.3) is 0 Å². The SMILES string of the molecule is O=C(O)N1CC(O)(C(=O)NC(CCCO)c2cc(F)cc(F)c2)C1. The van der Waals surface area contributed by atoms with Crippen LogP contribution in [-0.2, 0) is 4.79 Å². The van der Waals surface area contributed by atoms with Crippen molar-refractivity contribution in [3.05, 3.63) is 35.4 Å². The highest BCUT2D eigenvalue weighted by Gasteiger charge is 2.50. The first-order chi connectivity index (χ1) is 11.2. The maximum absolute atomic E-state index is 13.4. The number of carbonyl (C=O) groups is 2. The molecule has 24 heavy (non-hydrogen) atoms. The predicted octanol–water partition coefficient (Wildman–Crippen LogP) is 0.619. The molecule has 2 rings (SSSR count). The highest BCUT2D eigenvalue weighted by atomic mass is 19.1. The molecular weight excluding hydrogens is 326 g/mol. The van der Waals surface area contributed by atoms with E-state index >= 15 is 0 Å². The molecule has 9 heteroatoms. The molecule has 7 nitrogen and oxygen atoms in total. The summed E-state index contributed by atoms with van der Waals surface area (Å²) < 4.78 is 26.8. The minimum absolute atomic E-state index is 0.160. The van der Waals surface area contributed by atoms with Gasteiger partial charge in [-0.05, 0) is 30.5 Å². The Kier molecular flexibility index (Phi) is 5.35. The number of β-amino-alcohol motifs (C(OH)–C–C–N with tert-alkyl or cyclic N) is 1. The van der Waals surface area contributed by atoms with Gasteiger partial charge in [0.05, 0.1) is 19.1 Å². The zero-order valence-electron chi connectivity index (χ0n) is 12.7. The first kappa shape index (κ1) is 18.1. The van der Waals surface area contributed by atoms with Crippen LogP contribution >= 0.6 is 0 Å². The second kappa shape index (κ2) is 7.10. The van der Waals surface area contributed by atoms with Crippen molar-refractivity contribution in [2.75, 3.05) is 19.7 Å². The van der Waals surface area contributed by atoms with Crippen LogP contribution in [0.3, 0.4) is 0 Å². The van der Waals surface area contributed by atoms with Crippen LogP contribution in [0.15, 0.2) is 18.2 Å². The Morgan fingerprint density at radius 3 is 2.33 bits per heavy atom. The molecular formula is C15H18F2N2O5. The summed E-state index contributed by atoms with van der Waals surface area (Å²) in [5, 5.41) is 30.3. The number of carboxylic acid groups (broad SMARTS) is 1. The summed E-state index contributed by atoms with van der Waals surface area (Å²) in [6, 6.07) is 1.98. The number of likely N-dealkylation sites (tertiary alicyclic amines) is 1. The fourth-order valence-corrected chi connectivity index (χ4v) is 2.55. The van der Waals surface area contributed by atoms with Crippen molar-refractivity contribution in [3.8, 4) is 0 Å². The number of aliphatic hydroxyl groups is 2. The normalized spacial score (nSPS) is 17.1. The number of hydrogen-bond acceptors (Lipinski definition) is 4. The van der Waals surface area contributed by atoms with E-state index in [9.17, 15) is 23.5 Å². The number of amides is 2. The number of benzene rings is 1. The summed E-state index contributed by atoms with van der Waals surface area (Å²) in [7, 11) is 0. The van der Waals surface area contributed by atoms with E-state index in [1.807, 2.05) is 0 Å². The van der Waals surface area contributed by atoms with Gasteiger partial charge in [0, 0.05) is 12.7 Å². The number of hydrogen-bond donors (Lipinski definition) is 4. The molecule has 1 aromatic rings. The van der Waals surface area contributed by atoms with Crippen molar-refractivity contribution in [1.82, 2.24) is 10.2 Å². The topological polar surface area (TPSA) is 110 Å². The van der Waals surface area contributed by atoms with Gasteiger partial charge in [0.2, 0.25) is 0 Å². The number of rotatable bonds is 6. The van der Waals surface area contributed by atoms with Gasteiger partial charge in [0.25, 0.3) is 5.91 Å². The molecule has 0 aromatic heterocycles. The minimum Gasteiger partial charge on any atom is -0.465 e. The van der Waals surface area contributed by atoms with Gasteiger partial charge in [-0.2, -0.15) is 0 Å². The fourth-order valence-electron chi connectivity index (χ4n) is 2.55. The Balaban J connectivity index is 2.11. The summed E-state index contributed by atoms with van der Waals surface area (Å²) in [4.78, 5) is 23.8. The van der Waals surface area contributed by atoms with Crippen LogP contribution in [-0.4, -0.2) is 57.5 Å². The Labute approximate surface area is 136 Å². The summed E-state index contributed by atoms with van der Waals surface area (Å²) in [6.07, 6.45) is -0.788. The maximum Gasteiger partial charge on any atom is 0.407 e. The lowest BCUT2D eigenvalue weighted by Gasteiger charge is -2.43. The largest absolute Gasteiger partial charge is 0.465 e. The summed E-state index contributed by atoms with van der Waals surface area (Å²) in [6.45, 7) is -0.933. The summed E-state index contributed by atoms with van der Waals surface area (Å²) >= 11 is 0. The van der Waals surface area contributed by atoms with E-state index in [0.29, 0.717) is 6.07 Å². The molecule has 1 aliphatic rings. The third-order valence-electron chi connectivity index (χ3n) is 3.84. The van der Waals surface area contributed by atoms with Crippen molar-refractivity contribution in [1.29, 1.82) is 0 Å². The average molecular weight is 344 g/mol. The fraction of sp³-hybridized carbons (Fsp3) is 0.467. The lowest BCUT2D eigenvalue weighted by atomic mass is 9.92. The molecule has 1 fully saturated rings. The quantitative estimate of drug-likeness (QED) is 0.605. The maximum atomic E-state index is 13.4. The molecule has 0 bridgehead atoms. The smallest absolute Gasteiger partial charge is 0.407 e. The second-order valence-electron chi connectivity index (χ2n) is 5.76. The first-order valence-corrected chi connectivity index (χ1v) is 7.33.